The molecule has 1 aromatic heterocycles. The number of fused-ring (bicyclic) bond motifs is 1. The third-order valence-corrected chi connectivity index (χ3v) is 5.40. The molecular weight excluding hydrogens is 392 g/mol. The summed E-state index contributed by atoms with van der Waals surface area (Å²) in [6, 6.07) is 17.8. The molecular formula is C25H29N2O4+. The van der Waals surface area contributed by atoms with Gasteiger partial charge in [0.1, 0.15) is 17.6 Å². The quantitative estimate of drug-likeness (QED) is 0.557. The lowest BCUT2D eigenvalue weighted by atomic mass is 10.0. The molecule has 162 valence electrons. The molecule has 3 aromatic rings. The molecule has 1 amide bonds. The predicted molar refractivity (Wildman–Crippen MR) is 117 cm³/mol. The molecule has 6 heteroatoms. The summed E-state index contributed by atoms with van der Waals surface area (Å²) in [4.78, 5) is 12.6. The van der Waals surface area contributed by atoms with Crippen molar-refractivity contribution in [3.05, 3.63) is 83.3 Å². The minimum atomic E-state index is -0.0733. The van der Waals surface area contributed by atoms with Crippen LogP contribution in [0, 0.1) is 0 Å². The third kappa shape index (κ3) is 5.09. The molecule has 1 aliphatic heterocycles. The number of carbonyl (C=O) groups is 1. The maximum absolute atomic E-state index is 12.6. The van der Waals surface area contributed by atoms with Crippen molar-refractivity contribution in [2.75, 3.05) is 13.2 Å². The van der Waals surface area contributed by atoms with Crippen molar-refractivity contribution in [2.45, 2.75) is 39.0 Å². The SMILES string of the molecule is CCOc1cc2c(cc1CNC(=O)C[NH2+][C@@H](c1ccccc1)c1ccco1)O[C@@H](C)C2. The zero-order valence-electron chi connectivity index (χ0n) is 18.0. The maximum Gasteiger partial charge on any atom is 0.275 e. The Bertz CT molecular complexity index is 1000. The zero-order valence-corrected chi connectivity index (χ0v) is 18.0. The van der Waals surface area contributed by atoms with E-state index in [0.29, 0.717) is 13.2 Å². The van der Waals surface area contributed by atoms with Crippen molar-refractivity contribution in [2.24, 2.45) is 0 Å². The van der Waals surface area contributed by atoms with Crippen LogP contribution in [-0.2, 0) is 17.8 Å². The molecule has 0 aliphatic carbocycles. The number of furan rings is 1. The van der Waals surface area contributed by atoms with Crippen molar-refractivity contribution in [3.8, 4) is 11.5 Å². The number of nitrogens with two attached hydrogens (primary N) is 1. The first kappa shape index (κ1) is 21.0. The van der Waals surface area contributed by atoms with Gasteiger partial charge >= 0.3 is 0 Å². The molecule has 2 heterocycles. The molecule has 1 aliphatic rings. The summed E-state index contributed by atoms with van der Waals surface area (Å²) in [5.74, 6) is 2.46. The van der Waals surface area contributed by atoms with Crippen LogP contribution in [-0.4, -0.2) is 25.2 Å². The lowest BCUT2D eigenvalue weighted by Crippen LogP contribution is -2.87. The van der Waals surface area contributed by atoms with Gasteiger partial charge in [0.05, 0.1) is 12.9 Å². The van der Waals surface area contributed by atoms with Crippen LogP contribution in [0.3, 0.4) is 0 Å². The minimum absolute atomic E-state index is 0.0512. The van der Waals surface area contributed by atoms with E-state index in [-0.39, 0.29) is 24.6 Å². The first-order valence-corrected chi connectivity index (χ1v) is 10.8. The highest BCUT2D eigenvalue weighted by Crippen LogP contribution is 2.35. The lowest BCUT2D eigenvalue weighted by molar-refractivity contribution is -0.678. The molecule has 2 atom stereocenters. The zero-order chi connectivity index (χ0) is 21.6. The summed E-state index contributed by atoms with van der Waals surface area (Å²) in [5.41, 5.74) is 3.17. The van der Waals surface area contributed by atoms with Crippen LogP contribution in [0.25, 0.3) is 0 Å². The number of benzene rings is 2. The Morgan fingerprint density at radius 3 is 2.81 bits per heavy atom. The highest BCUT2D eigenvalue weighted by molar-refractivity contribution is 5.76. The highest BCUT2D eigenvalue weighted by Gasteiger charge is 2.23. The van der Waals surface area contributed by atoms with Crippen molar-refractivity contribution in [3.63, 3.8) is 0 Å². The Morgan fingerprint density at radius 2 is 2.06 bits per heavy atom. The van der Waals surface area contributed by atoms with Gasteiger partial charge in [0.25, 0.3) is 5.91 Å². The average molecular weight is 422 g/mol. The van der Waals surface area contributed by atoms with Crippen LogP contribution in [0.15, 0.2) is 65.3 Å². The standard InChI is InChI=1S/C25H28N2O4/c1-3-29-22-13-19-12-17(2)31-23(19)14-20(22)15-26-24(28)16-27-25(21-10-7-11-30-21)18-8-5-4-6-9-18/h4-11,13-14,17,25,27H,3,12,15-16H2,1-2H3,(H,26,28)/p+1/t17-,25-/m0/s1. The first-order valence-electron chi connectivity index (χ1n) is 10.8. The molecule has 0 spiro atoms. The number of quaternary nitrogens is 1. The summed E-state index contributed by atoms with van der Waals surface area (Å²) in [6.45, 7) is 5.26. The minimum Gasteiger partial charge on any atom is -0.494 e. The average Bonchev–Trinajstić information content (AvgIpc) is 3.42. The van der Waals surface area contributed by atoms with E-state index in [4.69, 9.17) is 13.9 Å². The summed E-state index contributed by atoms with van der Waals surface area (Å²) in [6.07, 6.45) is 2.70. The predicted octanol–water partition coefficient (Wildman–Crippen LogP) is 2.97. The largest absolute Gasteiger partial charge is 0.494 e. The first-order chi connectivity index (χ1) is 15.1. The van der Waals surface area contributed by atoms with Crippen molar-refractivity contribution >= 4 is 5.91 Å². The van der Waals surface area contributed by atoms with Gasteiger partial charge in [-0.3, -0.25) is 4.79 Å². The van der Waals surface area contributed by atoms with Gasteiger partial charge in [-0.2, -0.15) is 0 Å². The number of ether oxygens (including phenoxy) is 2. The van der Waals surface area contributed by atoms with Crippen LogP contribution in [0.5, 0.6) is 11.5 Å². The van der Waals surface area contributed by atoms with E-state index in [1.165, 1.54) is 0 Å². The van der Waals surface area contributed by atoms with Gasteiger partial charge < -0.3 is 24.5 Å². The highest BCUT2D eigenvalue weighted by atomic mass is 16.5. The Kier molecular flexibility index (Phi) is 6.57. The number of amides is 1. The van der Waals surface area contributed by atoms with E-state index in [0.717, 1.165) is 40.4 Å². The summed E-state index contributed by atoms with van der Waals surface area (Å²) >= 11 is 0. The Hall–Kier alpha value is -3.25. The number of hydrogen-bond donors (Lipinski definition) is 2. The van der Waals surface area contributed by atoms with Gasteiger partial charge in [0.2, 0.25) is 0 Å². The van der Waals surface area contributed by atoms with Crippen LogP contribution >= 0.6 is 0 Å². The number of nitrogens with one attached hydrogen (secondary N) is 1. The second-order valence-electron chi connectivity index (χ2n) is 7.75. The van der Waals surface area contributed by atoms with E-state index in [1.54, 1.807) is 6.26 Å². The van der Waals surface area contributed by atoms with Crippen molar-refractivity contribution in [1.29, 1.82) is 0 Å². The molecule has 6 nitrogen and oxygen atoms in total. The Morgan fingerprint density at radius 1 is 1.23 bits per heavy atom. The molecule has 0 saturated heterocycles. The molecule has 0 saturated carbocycles. The van der Waals surface area contributed by atoms with Gasteiger partial charge in [-0.15, -0.1) is 0 Å². The van der Waals surface area contributed by atoms with Crippen LogP contribution < -0.4 is 20.1 Å². The molecule has 2 aromatic carbocycles. The molecule has 4 rings (SSSR count). The molecule has 31 heavy (non-hydrogen) atoms. The van der Waals surface area contributed by atoms with Gasteiger partial charge in [-0.25, -0.2) is 0 Å². The summed E-state index contributed by atoms with van der Waals surface area (Å²) in [7, 11) is 0. The Balaban J connectivity index is 1.39. The maximum atomic E-state index is 12.6. The fourth-order valence-corrected chi connectivity index (χ4v) is 3.95. The molecule has 0 fully saturated rings. The van der Waals surface area contributed by atoms with Crippen LogP contribution in [0.2, 0.25) is 0 Å². The monoisotopic (exact) mass is 421 g/mol. The van der Waals surface area contributed by atoms with Crippen LogP contribution in [0.1, 0.15) is 42.3 Å². The van der Waals surface area contributed by atoms with Gasteiger partial charge in [0.15, 0.2) is 18.3 Å². The fraction of sp³-hybridized carbons (Fsp3) is 0.320. The van der Waals surface area contributed by atoms with Crippen LogP contribution in [0.4, 0.5) is 0 Å². The summed E-state index contributed by atoms with van der Waals surface area (Å²) < 4.78 is 17.3. The smallest absolute Gasteiger partial charge is 0.275 e. The number of carbonyl (C=O) groups excluding carboxylic acids is 1. The molecule has 0 unspecified atom stereocenters. The van der Waals surface area contributed by atoms with Gasteiger partial charge in [0, 0.05) is 29.7 Å². The molecule has 0 radical (unpaired) electrons. The lowest BCUT2D eigenvalue weighted by Gasteiger charge is -2.15. The summed E-state index contributed by atoms with van der Waals surface area (Å²) in [5, 5.41) is 5.00. The van der Waals surface area contributed by atoms with Crippen molar-refractivity contribution in [1.82, 2.24) is 5.32 Å². The topological polar surface area (TPSA) is 77.3 Å². The van der Waals surface area contributed by atoms with Gasteiger partial charge in [-0.05, 0) is 38.1 Å². The van der Waals surface area contributed by atoms with E-state index in [9.17, 15) is 4.79 Å². The second kappa shape index (κ2) is 9.71. The van der Waals surface area contributed by atoms with E-state index in [2.05, 4.69) is 12.2 Å². The second-order valence-corrected chi connectivity index (χ2v) is 7.75. The third-order valence-electron chi connectivity index (χ3n) is 5.40. The normalized spacial score (nSPS) is 15.7. The van der Waals surface area contributed by atoms with Gasteiger partial charge in [-0.1, -0.05) is 30.3 Å². The van der Waals surface area contributed by atoms with E-state index < -0.39 is 0 Å². The number of rotatable bonds is 9. The molecule has 0 bridgehead atoms. The fourth-order valence-electron chi connectivity index (χ4n) is 3.95. The number of hydrogen-bond acceptors (Lipinski definition) is 4. The van der Waals surface area contributed by atoms with E-state index in [1.807, 2.05) is 66.8 Å². The Labute approximate surface area is 182 Å². The molecule has 3 N–H and O–H groups in total. The van der Waals surface area contributed by atoms with E-state index >= 15 is 0 Å². The van der Waals surface area contributed by atoms with Crippen molar-refractivity contribution < 1.29 is 24.0 Å².